The second kappa shape index (κ2) is 6.33. The number of carbonyl (C=O) groups is 1. The highest BCUT2D eigenvalue weighted by Crippen LogP contribution is 2.25. The molecule has 0 aliphatic heterocycles. The van der Waals surface area contributed by atoms with Crippen LogP contribution in [0.1, 0.15) is 43.4 Å². The molecular weight excluding hydrogens is 234 g/mol. The van der Waals surface area contributed by atoms with E-state index in [9.17, 15) is 4.79 Å². The Kier molecular flexibility index (Phi) is 5.30. The summed E-state index contributed by atoms with van der Waals surface area (Å²) in [7, 11) is 4.02. The number of aryl methyl sites for hydroxylation is 2. The molecule has 0 saturated heterocycles. The van der Waals surface area contributed by atoms with Crippen LogP contribution in [0.25, 0.3) is 0 Å². The van der Waals surface area contributed by atoms with Crippen molar-refractivity contribution in [2.45, 2.75) is 52.5 Å². The lowest BCUT2D eigenvalue weighted by Crippen LogP contribution is -2.51. The number of rotatable bonds is 6. The molecule has 0 N–H and O–H groups in total. The van der Waals surface area contributed by atoms with E-state index in [0.717, 1.165) is 18.4 Å². The van der Waals surface area contributed by atoms with Gasteiger partial charge in [0.2, 0.25) is 0 Å². The van der Waals surface area contributed by atoms with Gasteiger partial charge in [-0.25, -0.2) is 0 Å². The largest absolute Gasteiger partial charge is 0.297 e. The van der Waals surface area contributed by atoms with Gasteiger partial charge in [0.25, 0.3) is 0 Å². The van der Waals surface area contributed by atoms with Crippen LogP contribution in [0, 0.1) is 13.8 Å². The summed E-state index contributed by atoms with van der Waals surface area (Å²) in [5, 5.41) is 0. The molecule has 19 heavy (non-hydrogen) atoms. The molecule has 1 rings (SSSR count). The summed E-state index contributed by atoms with van der Waals surface area (Å²) in [6.45, 7) is 8.36. The molecule has 0 aliphatic rings. The van der Waals surface area contributed by atoms with Crippen molar-refractivity contribution in [2.75, 3.05) is 14.1 Å². The number of benzene rings is 1. The Hall–Kier alpha value is -1.15. The van der Waals surface area contributed by atoms with Crippen molar-refractivity contribution in [2.24, 2.45) is 0 Å². The smallest absolute Gasteiger partial charge is 0.157 e. The normalized spacial score (nSPS) is 11.9. The fourth-order valence-corrected chi connectivity index (χ4v) is 2.85. The molecule has 2 nitrogen and oxygen atoms in total. The standard InChI is InChI=1S/C17H27NO/c1-7-17(8-2,18(5)6)16(19)12-15-11-13(3)9-10-14(15)4/h9-11H,7-8,12H2,1-6H3. The molecule has 0 heterocycles. The Labute approximate surface area is 117 Å². The van der Waals surface area contributed by atoms with Crippen molar-refractivity contribution in [3.8, 4) is 0 Å². The van der Waals surface area contributed by atoms with Gasteiger partial charge in [-0.15, -0.1) is 0 Å². The van der Waals surface area contributed by atoms with Crippen LogP contribution in [0.4, 0.5) is 0 Å². The molecule has 2 heteroatoms. The molecule has 0 amide bonds. The third kappa shape index (κ3) is 3.24. The number of carbonyl (C=O) groups excluding carboxylic acids is 1. The minimum Gasteiger partial charge on any atom is -0.297 e. The third-order valence-electron chi connectivity index (χ3n) is 4.40. The van der Waals surface area contributed by atoms with E-state index in [0.29, 0.717) is 12.2 Å². The molecule has 0 saturated carbocycles. The van der Waals surface area contributed by atoms with Gasteiger partial charge in [-0.3, -0.25) is 9.69 Å². The van der Waals surface area contributed by atoms with Crippen LogP contribution >= 0.6 is 0 Å². The van der Waals surface area contributed by atoms with Crippen molar-refractivity contribution in [3.63, 3.8) is 0 Å². The highest BCUT2D eigenvalue weighted by molar-refractivity contribution is 5.90. The van der Waals surface area contributed by atoms with Crippen LogP contribution in [0.2, 0.25) is 0 Å². The number of ketones is 1. The first-order chi connectivity index (χ1) is 8.87. The van der Waals surface area contributed by atoms with Gasteiger partial charge in [0.1, 0.15) is 0 Å². The highest BCUT2D eigenvalue weighted by atomic mass is 16.1. The molecule has 0 fully saturated rings. The van der Waals surface area contributed by atoms with E-state index in [1.54, 1.807) is 0 Å². The minimum absolute atomic E-state index is 0.323. The van der Waals surface area contributed by atoms with Gasteiger partial charge in [-0.05, 0) is 51.9 Å². The van der Waals surface area contributed by atoms with E-state index < -0.39 is 0 Å². The molecule has 0 unspecified atom stereocenters. The zero-order valence-corrected chi connectivity index (χ0v) is 13.2. The van der Waals surface area contributed by atoms with Crippen LogP contribution in [-0.4, -0.2) is 30.3 Å². The summed E-state index contributed by atoms with van der Waals surface area (Å²) in [5.74, 6) is 0.330. The lowest BCUT2D eigenvalue weighted by molar-refractivity contribution is -0.129. The molecule has 0 radical (unpaired) electrons. The van der Waals surface area contributed by atoms with Crippen molar-refractivity contribution in [3.05, 3.63) is 34.9 Å². The lowest BCUT2D eigenvalue weighted by atomic mass is 9.83. The maximum absolute atomic E-state index is 12.8. The van der Waals surface area contributed by atoms with Crippen LogP contribution in [0.5, 0.6) is 0 Å². The summed E-state index contributed by atoms with van der Waals surface area (Å²) in [6.07, 6.45) is 2.26. The van der Waals surface area contributed by atoms with Crippen LogP contribution in [-0.2, 0) is 11.2 Å². The van der Waals surface area contributed by atoms with E-state index in [1.807, 2.05) is 14.1 Å². The second-order valence-corrected chi connectivity index (χ2v) is 5.66. The van der Waals surface area contributed by atoms with E-state index in [1.165, 1.54) is 11.1 Å². The lowest BCUT2D eigenvalue weighted by Gasteiger charge is -2.37. The van der Waals surface area contributed by atoms with Crippen molar-refractivity contribution >= 4 is 5.78 Å². The van der Waals surface area contributed by atoms with Crippen molar-refractivity contribution < 1.29 is 4.79 Å². The SMILES string of the molecule is CCC(CC)(C(=O)Cc1cc(C)ccc1C)N(C)C. The third-order valence-corrected chi connectivity index (χ3v) is 4.40. The molecule has 1 aromatic carbocycles. The Morgan fingerprint density at radius 2 is 1.74 bits per heavy atom. The number of likely N-dealkylation sites (N-methyl/N-ethyl adjacent to an activating group) is 1. The van der Waals surface area contributed by atoms with Gasteiger partial charge in [0.05, 0.1) is 5.54 Å². The topological polar surface area (TPSA) is 20.3 Å². The molecule has 1 aromatic rings. The van der Waals surface area contributed by atoms with Gasteiger partial charge in [-0.2, -0.15) is 0 Å². The zero-order chi connectivity index (χ0) is 14.6. The molecule has 0 aliphatic carbocycles. The van der Waals surface area contributed by atoms with Crippen molar-refractivity contribution in [1.29, 1.82) is 0 Å². The van der Waals surface area contributed by atoms with E-state index >= 15 is 0 Å². The van der Waals surface area contributed by atoms with Crippen LogP contribution in [0.3, 0.4) is 0 Å². The Morgan fingerprint density at radius 3 is 2.21 bits per heavy atom. The molecular formula is C17H27NO. The monoisotopic (exact) mass is 261 g/mol. The quantitative estimate of drug-likeness (QED) is 0.780. The summed E-state index contributed by atoms with van der Waals surface area (Å²) in [4.78, 5) is 14.8. The fraction of sp³-hybridized carbons (Fsp3) is 0.588. The van der Waals surface area contributed by atoms with Crippen LogP contribution < -0.4 is 0 Å². The van der Waals surface area contributed by atoms with Gasteiger partial charge in [0.15, 0.2) is 5.78 Å². The summed E-state index contributed by atoms with van der Waals surface area (Å²) >= 11 is 0. The first kappa shape index (κ1) is 15.9. The highest BCUT2D eigenvalue weighted by Gasteiger charge is 2.36. The van der Waals surface area contributed by atoms with E-state index in [2.05, 4.69) is 50.8 Å². The molecule has 0 spiro atoms. The molecule has 0 aromatic heterocycles. The van der Waals surface area contributed by atoms with Gasteiger partial charge in [-0.1, -0.05) is 37.6 Å². The summed E-state index contributed by atoms with van der Waals surface area (Å²) < 4.78 is 0. The molecule has 106 valence electrons. The first-order valence-electron chi connectivity index (χ1n) is 7.14. The zero-order valence-electron chi connectivity index (χ0n) is 13.2. The van der Waals surface area contributed by atoms with E-state index in [4.69, 9.17) is 0 Å². The predicted molar refractivity (Wildman–Crippen MR) is 81.6 cm³/mol. The average Bonchev–Trinajstić information content (AvgIpc) is 2.35. The first-order valence-corrected chi connectivity index (χ1v) is 7.14. The number of hydrogen-bond donors (Lipinski definition) is 0. The maximum atomic E-state index is 12.8. The van der Waals surface area contributed by atoms with Gasteiger partial charge in [0, 0.05) is 6.42 Å². The average molecular weight is 261 g/mol. The van der Waals surface area contributed by atoms with Gasteiger partial charge < -0.3 is 0 Å². The van der Waals surface area contributed by atoms with E-state index in [-0.39, 0.29) is 5.54 Å². The van der Waals surface area contributed by atoms with Crippen LogP contribution in [0.15, 0.2) is 18.2 Å². The number of hydrogen-bond acceptors (Lipinski definition) is 2. The molecule has 0 atom stereocenters. The fourth-order valence-electron chi connectivity index (χ4n) is 2.85. The Bertz CT molecular complexity index is 445. The van der Waals surface area contributed by atoms with Crippen molar-refractivity contribution in [1.82, 2.24) is 4.90 Å². The maximum Gasteiger partial charge on any atom is 0.157 e. The molecule has 0 bridgehead atoms. The summed E-state index contributed by atoms with van der Waals surface area (Å²) in [6, 6.07) is 6.34. The minimum atomic E-state index is -0.323. The Balaban J connectivity index is 3.03. The number of nitrogens with zero attached hydrogens (tertiary/aromatic N) is 1. The predicted octanol–water partition coefficient (Wildman–Crippen LogP) is 3.54. The number of Topliss-reactive ketones (excluding diaryl/α,β-unsaturated/α-hetero) is 1. The Morgan fingerprint density at radius 1 is 1.16 bits per heavy atom. The second-order valence-electron chi connectivity index (χ2n) is 5.66. The van der Waals surface area contributed by atoms with Gasteiger partial charge >= 0.3 is 0 Å². The summed E-state index contributed by atoms with van der Waals surface area (Å²) in [5.41, 5.74) is 3.27.